The van der Waals surface area contributed by atoms with Crippen LogP contribution in [0.25, 0.3) is 0 Å². The Morgan fingerprint density at radius 1 is 0.938 bits per heavy atom. The van der Waals surface area contributed by atoms with Crippen LogP contribution in [-0.2, 0) is 40.0 Å². The lowest BCUT2D eigenvalue weighted by atomic mass is 9.98. The monoisotopic (exact) mass is 961 g/mol. The molecule has 21 heteroatoms. The van der Waals surface area contributed by atoms with E-state index in [1.165, 1.54) is 26.2 Å². The van der Waals surface area contributed by atoms with Crippen molar-refractivity contribution in [3.63, 3.8) is 0 Å². The predicted octanol–water partition coefficient (Wildman–Crippen LogP) is 4.53. The zero-order valence-corrected chi connectivity index (χ0v) is 38.4. The molecule has 1 aromatic rings. The van der Waals surface area contributed by atoms with Gasteiger partial charge in [0.05, 0.1) is 13.1 Å². The van der Waals surface area contributed by atoms with Crippen LogP contribution in [0.5, 0.6) is 0 Å². The summed E-state index contributed by atoms with van der Waals surface area (Å²) in [5.41, 5.74) is -2.29. The van der Waals surface area contributed by atoms with Gasteiger partial charge in [0.2, 0.25) is 41.4 Å². The van der Waals surface area contributed by atoms with Crippen LogP contribution in [0.4, 0.5) is 22.0 Å². The van der Waals surface area contributed by atoms with E-state index in [2.05, 4.69) is 16.0 Å². The van der Waals surface area contributed by atoms with E-state index in [9.17, 15) is 51.1 Å². The summed E-state index contributed by atoms with van der Waals surface area (Å²) in [6.45, 7) is 2.61. The van der Waals surface area contributed by atoms with E-state index in [1.807, 2.05) is 13.8 Å². The molecule has 0 unspecified atom stereocenters. The standard InChI is InChI=1S/C44H58Cl2F5N7O7/c1-23(2)15-30-39(62)56(4)35(18-25-17-26(45)10-11-29(25)46)41(64)57-21-27(47)19-33(57)36(59)52-14-6-5-7-32(37(60)53-30)55(3)40(63)31(16-24-8-9-24)54-38(61)34-20-28(48)22-58(34)42(65)43(12-13-43)44(49,50)51/h10-11,17,23-24,27-28,30-35H,5-9,12-16,18-22H2,1-4H3,(H,52,59)(H,53,60)(H,54,61)/t27-,28-,30+,31+,32+,33-,34+,35+/m1/s1. The zero-order valence-electron chi connectivity index (χ0n) is 36.9. The van der Waals surface area contributed by atoms with Crippen molar-refractivity contribution < 1.29 is 55.5 Å². The molecule has 1 aromatic carbocycles. The lowest BCUT2D eigenvalue weighted by Crippen LogP contribution is -2.60. The van der Waals surface area contributed by atoms with Gasteiger partial charge in [-0.3, -0.25) is 33.6 Å². The average molecular weight is 963 g/mol. The number of nitrogens with one attached hydrogen (secondary N) is 3. The highest BCUT2D eigenvalue weighted by Gasteiger charge is 2.70. The minimum Gasteiger partial charge on any atom is -0.354 e. The Bertz CT molecular complexity index is 2010. The van der Waals surface area contributed by atoms with Gasteiger partial charge in [-0.2, -0.15) is 13.2 Å². The van der Waals surface area contributed by atoms with Crippen molar-refractivity contribution in [2.75, 3.05) is 33.7 Å². The third kappa shape index (κ3) is 11.5. The lowest BCUT2D eigenvalue weighted by molar-refractivity contribution is -0.199. The van der Waals surface area contributed by atoms with Crippen LogP contribution in [0.2, 0.25) is 10.0 Å². The molecule has 5 aliphatic rings. The number of hydrogen-bond donors (Lipinski definition) is 3. The fraction of sp³-hybridized carbons (Fsp3) is 0.705. The number of hydrogen-bond acceptors (Lipinski definition) is 7. The number of fused-ring (bicyclic) bond motifs is 1. The van der Waals surface area contributed by atoms with Crippen LogP contribution < -0.4 is 16.0 Å². The van der Waals surface area contributed by atoms with Crippen LogP contribution in [0.1, 0.15) is 90.0 Å². The van der Waals surface area contributed by atoms with Crippen molar-refractivity contribution in [2.45, 2.75) is 146 Å². The molecule has 0 aromatic heterocycles. The van der Waals surface area contributed by atoms with E-state index in [0.29, 0.717) is 15.5 Å². The molecule has 0 spiro atoms. The highest BCUT2D eigenvalue weighted by molar-refractivity contribution is 6.33. The topological polar surface area (TPSA) is 169 Å². The van der Waals surface area contributed by atoms with Gasteiger partial charge in [0.25, 0.3) is 0 Å². The van der Waals surface area contributed by atoms with Crippen LogP contribution >= 0.6 is 23.2 Å². The van der Waals surface area contributed by atoms with Gasteiger partial charge in [0.15, 0.2) is 0 Å². The smallest absolute Gasteiger partial charge is 0.354 e. The number of rotatable bonds is 11. The number of alkyl halides is 5. The van der Waals surface area contributed by atoms with E-state index in [-0.39, 0.29) is 74.9 Å². The van der Waals surface area contributed by atoms with E-state index < -0.39 is 127 Å². The minimum atomic E-state index is -4.89. The van der Waals surface area contributed by atoms with Crippen molar-refractivity contribution in [1.29, 1.82) is 0 Å². The molecule has 2 saturated carbocycles. The predicted molar refractivity (Wildman–Crippen MR) is 229 cm³/mol. The Kier molecular flexibility index (Phi) is 15.7. The van der Waals surface area contributed by atoms with Gasteiger partial charge in [-0.15, -0.1) is 0 Å². The quantitative estimate of drug-likeness (QED) is 0.274. The number of likely N-dealkylation sites (tertiary alicyclic amines) is 1. The first-order valence-corrected chi connectivity index (χ1v) is 23.1. The maximum Gasteiger partial charge on any atom is 0.403 e. The van der Waals surface area contributed by atoms with Crippen molar-refractivity contribution in [1.82, 2.24) is 35.6 Å². The summed E-state index contributed by atoms with van der Waals surface area (Å²) in [7, 11) is 2.71. The number of carbonyl (C=O) groups is 7. The minimum absolute atomic E-state index is 0.00760. The van der Waals surface area contributed by atoms with Gasteiger partial charge in [0, 0.05) is 49.9 Å². The van der Waals surface area contributed by atoms with Gasteiger partial charge in [-0.05, 0) is 80.5 Å². The van der Waals surface area contributed by atoms with Crippen molar-refractivity contribution in [2.24, 2.45) is 17.3 Å². The number of likely N-dealkylation sites (N-methyl/N-ethyl adjacent to an activating group) is 2. The zero-order chi connectivity index (χ0) is 47.7. The molecule has 0 radical (unpaired) electrons. The Morgan fingerprint density at radius 3 is 2.25 bits per heavy atom. The summed E-state index contributed by atoms with van der Waals surface area (Å²) in [5, 5.41) is 8.70. The van der Waals surface area contributed by atoms with Crippen LogP contribution in [0.3, 0.4) is 0 Å². The second kappa shape index (κ2) is 20.3. The molecule has 3 heterocycles. The molecule has 6 rings (SSSR count). The van der Waals surface area contributed by atoms with E-state index in [1.54, 1.807) is 6.07 Å². The van der Waals surface area contributed by atoms with Gasteiger partial charge < -0.3 is 35.6 Å². The third-order valence-corrected chi connectivity index (χ3v) is 14.0. The Morgan fingerprint density at radius 2 is 1.62 bits per heavy atom. The molecule has 3 saturated heterocycles. The third-order valence-electron chi connectivity index (χ3n) is 13.4. The average Bonchev–Trinajstić information content (AvgIpc) is 4.17. The van der Waals surface area contributed by atoms with Crippen molar-refractivity contribution in [3.05, 3.63) is 33.8 Å². The number of benzene rings is 1. The summed E-state index contributed by atoms with van der Waals surface area (Å²) in [4.78, 5) is 103. The van der Waals surface area contributed by atoms with E-state index >= 15 is 4.39 Å². The van der Waals surface area contributed by atoms with Crippen molar-refractivity contribution >= 4 is 64.6 Å². The van der Waals surface area contributed by atoms with Crippen LogP contribution in [0.15, 0.2) is 18.2 Å². The fourth-order valence-corrected chi connectivity index (χ4v) is 9.66. The first-order valence-electron chi connectivity index (χ1n) is 22.3. The largest absolute Gasteiger partial charge is 0.403 e. The highest BCUT2D eigenvalue weighted by Crippen LogP contribution is 2.59. The maximum atomic E-state index is 15.1. The van der Waals surface area contributed by atoms with Gasteiger partial charge in [-0.1, -0.05) is 49.9 Å². The Labute approximate surface area is 385 Å². The van der Waals surface area contributed by atoms with E-state index in [4.69, 9.17) is 23.2 Å². The van der Waals surface area contributed by atoms with Gasteiger partial charge >= 0.3 is 6.18 Å². The molecule has 2 aliphatic carbocycles. The Hall–Kier alpha value is -4.26. The first kappa shape index (κ1) is 50.2. The number of halogens is 7. The fourth-order valence-electron chi connectivity index (χ4n) is 9.27. The normalized spacial score (nSPS) is 28.4. The Balaban J connectivity index is 1.27. The highest BCUT2D eigenvalue weighted by atomic mass is 35.5. The van der Waals surface area contributed by atoms with Crippen molar-refractivity contribution in [3.8, 4) is 0 Å². The molecular formula is C44H58Cl2F5N7O7. The first-order chi connectivity index (χ1) is 30.5. The molecule has 3 N–H and O–H groups in total. The molecular weight excluding hydrogens is 904 g/mol. The maximum absolute atomic E-state index is 15.1. The molecule has 5 fully saturated rings. The summed E-state index contributed by atoms with van der Waals surface area (Å²) >= 11 is 12.8. The second-order valence-corrected chi connectivity index (χ2v) is 19.7. The molecule has 360 valence electrons. The number of nitrogens with zero attached hydrogens (tertiary/aromatic N) is 4. The SMILES string of the molecule is CC(C)C[C@@H]1NC(=O)[C@@H](N(C)C(=O)[C@H](CC2CC2)NC(=O)[C@@H]2C[C@@H](F)CN2C(=O)C2(C(F)(F)F)CC2)CCCCNC(=O)[C@H]2C[C@@H](F)CN2C(=O)[C@H](Cc2cc(Cl)ccc2Cl)N(C)C1=O. The van der Waals surface area contributed by atoms with E-state index in [0.717, 1.165) is 27.5 Å². The molecule has 7 amide bonds. The van der Waals surface area contributed by atoms with Gasteiger partial charge in [-0.25, -0.2) is 8.78 Å². The van der Waals surface area contributed by atoms with Crippen LogP contribution in [0, 0.1) is 17.3 Å². The lowest BCUT2D eigenvalue weighted by Gasteiger charge is -2.36. The summed E-state index contributed by atoms with van der Waals surface area (Å²) in [6.07, 6.45) is -7.97. The summed E-state index contributed by atoms with van der Waals surface area (Å²) in [6, 6.07) is -3.35. The van der Waals surface area contributed by atoms with Gasteiger partial charge in [0.1, 0.15) is 54.0 Å². The second-order valence-electron chi connectivity index (χ2n) is 18.8. The number of amides is 7. The summed E-state index contributed by atoms with van der Waals surface area (Å²) < 4.78 is 71.7. The molecule has 14 nitrogen and oxygen atoms in total. The summed E-state index contributed by atoms with van der Waals surface area (Å²) in [5.74, 6) is -6.05. The molecule has 3 aliphatic heterocycles. The number of carbonyl (C=O) groups excluding carboxylic acids is 7. The van der Waals surface area contributed by atoms with Crippen LogP contribution in [-0.4, -0.2) is 149 Å². The molecule has 65 heavy (non-hydrogen) atoms. The molecule has 8 atom stereocenters. The molecule has 0 bridgehead atoms.